The second kappa shape index (κ2) is 20.3. The van der Waals surface area contributed by atoms with Crippen molar-refractivity contribution in [3.05, 3.63) is 103 Å². The van der Waals surface area contributed by atoms with Crippen molar-refractivity contribution in [2.75, 3.05) is 12.5 Å². The lowest BCUT2D eigenvalue weighted by molar-refractivity contribution is -0.113. The normalized spacial score (nSPS) is 12.2. The van der Waals surface area contributed by atoms with Crippen LogP contribution in [-0.4, -0.2) is 46.7 Å². The maximum atomic E-state index is 12.2. The van der Waals surface area contributed by atoms with Crippen molar-refractivity contribution >= 4 is 70.0 Å². The Morgan fingerprint density at radius 1 is 0.675 bits per heavy atom. The Bertz CT molecular complexity index is 1120. The van der Waals surface area contributed by atoms with Gasteiger partial charge in [0, 0.05) is 16.9 Å². The van der Waals surface area contributed by atoms with E-state index in [0.717, 1.165) is 12.7 Å². The first-order chi connectivity index (χ1) is 19.2. The number of rotatable bonds is 11. The Balaban J connectivity index is 0.000000390. The number of thioether (sulfide) groups is 2. The molecule has 3 nitrogen and oxygen atoms in total. The van der Waals surface area contributed by atoms with Crippen molar-refractivity contribution in [2.45, 2.75) is 51.0 Å². The molecule has 0 heterocycles. The molecule has 0 amide bonds. The summed E-state index contributed by atoms with van der Waals surface area (Å²) in [6.07, 6.45) is 10.3. The van der Waals surface area contributed by atoms with Crippen molar-refractivity contribution in [3.8, 4) is 0 Å². The standard InChI is InChI=1S/C21H19OP.C8H14OS.C5H10OS/c1-18(22)17-23(19-11-5-2-6-12-19,20-13-7-3-8-14-20)21-15-9-4-10-16-21;1-7(9)5-4-6-8(2)10-3;1-5(7-2)3-4-6/h2-17H,1H3;4-5,8H,6H2,1-3H3;4-5H,3H2,1-2H3/b;5-4+;. The van der Waals surface area contributed by atoms with Crippen molar-refractivity contribution in [1.82, 2.24) is 0 Å². The van der Waals surface area contributed by atoms with E-state index < -0.39 is 6.89 Å². The number of allylic oxidation sites excluding steroid dienone is 2. The molecule has 0 fully saturated rings. The van der Waals surface area contributed by atoms with Gasteiger partial charge in [-0.15, -0.1) is 0 Å². The fraction of sp³-hybridized carbons (Fsp3) is 0.294. The van der Waals surface area contributed by atoms with Gasteiger partial charge in [0.05, 0.1) is 0 Å². The highest BCUT2D eigenvalue weighted by Gasteiger charge is 2.25. The van der Waals surface area contributed by atoms with Crippen molar-refractivity contribution in [3.63, 3.8) is 0 Å². The highest BCUT2D eigenvalue weighted by atomic mass is 32.2. The van der Waals surface area contributed by atoms with Gasteiger partial charge >= 0.3 is 0 Å². The molecule has 3 aromatic rings. The van der Waals surface area contributed by atoms with Gasteiger partial charge in [-0.05, 0) is 67.5 Å². The first-order valence-corrected chi connectivity index (χ1v) is 17.7. The third kappa shape index (κ3) is 12.7. The SMILES string of the molecule is CC(=O)C=P(c1ccccc1)(c1ccccc1)c1ccccc1.CSC(C)C/C=C/C(C)=O.CSC(C)CC=O. The number of carbonyl (C=O) groups excluding carboxylic acids is 3. The van der Waals surface area contributed by atoms with Crippen molar-refractivity contribution < 1.29 is 14.4 Å². The van der Waals surface area contributed by atoms with Crippen LogP contribution in [0.3, 0.4) is 0 Å². The molecule has 6 heteroatoms. The summed E-state index contributed by atoms with van der Waals surface area (Å²) in [5.41, 5.74) is 0. The second-order valence-electron chi connectivity index (χ2n) is 9.21. The number of carbonyl (C=O) groups is 3. The maximum absolute atomic E-state index is 12.2. The number of aldehydes is 1. The molecular weight excluding hydrogens is 551 g/mol. The molecule has 0 saturated carbocycles. The molecule has 0 radical (unpaired) electrons. The van der Waals surface area contributed by atoms with Crippen molar-refractivity contribution in [2.24, 2.45) is 0 Å². The van der Waals surface area contributed by atoms with Crippen LogP contribution in [0.25, 0.3) is 0 Å². The van der Waals surface area contributed by atoms with Crippen LogP contribution in [0.15, 0.2) is 103 Å². The third-order valence-corrected chi connectivity index (χ3v) is 12.0. The average molecular weight is 595 g/mol. The van der Waals surface area contributed by atoms with Gasteiger partial charge in [-0.1, -0.05) is 111 Å². The number of hydrogen-bond donors (Lipinski definition) is 0. The van der Waals surface area contributed by atoms with Gasteiger partial charge in [0.1, 0.15) is 6.29 Å². The molecule has 2 atom stereocenters. The van der Waals surface area contributed by atoms with E-state index in [1.54, 1.807) is 31.7 Å². The van der Waals surface area contributed by atoms with Gasteiger partial charge in [-0.25, -0.2) is 0 Å². The van der Waals surface area contributed by atoms with Crippen LogP contribution in [0.2, 0.25) is 0 Å². The minimum absolute atomic E-state index is 0.106. The van der Waals surface area contributed by atoms with Crippen molar-refractivity contribution in [1.29, 1.82) is 0 Å². The predicted molar refractivity (Wildman–Crippen MR) is 183 cm³/mol. The summed E-state index contributed by atoms with van der Waals surface area (Å²) >= 11 is 3.53. The number of ketones is 2. The van der Waals surface area contributed by atoms with Crippen LogP contribution >= 0.6 is 30.4 Å². The van der Waals surface area contributed by atoms with Gasteiger partial charge < -0.3 is 4.79 Å². The zero-order valence-corrected chi connectivity index (χ0v) is 27.1. The van der Waals surface area contributed by atoms with E-state index in [-0.39, 0.29) is 11.6 Å². The largest absolute Gasteiger partial charge is 0.303 e. The van der Waals surface area contributed by atoms with E-state index in [1.807, 2.05) is 91.4 Å². The third-order valence-electron chi connectivity index (χ3n) is 5.92. The summed E-state index contributed by atoms with van der Waals surface area (Å²) in [6, 6.07) is 31.1. The zero-order valence-electron chi connectivity index (χ0n) is 24.5. The monoisotopic (exact) mass is 594 g/mol. The summed E-state index contributed by atoms with van der Waals surface area (Å²) in [5.74, 6) is 2.18. The fourth-order valence-electron chi connectivity index (χ4n) is 3.69. The van der Waals surface area contributed by atoms with E-state index >= 15 is 0 Å². The van der Waals surface area contributed by atoms with Crippen LogP contribution in [0.5, 0.6) is 0 Å². The lowest BCUT2D eigenvalue weighted by Gasteiger charge is -2.28. The lowest BCUT2D eigenvalue weighted by Crippen LogP contribution is -2.28. The molecule has 0 bridgehead atoms. The van der Waals surface area contributed by atoms with Gasteiger partial charge in [0.2, 0.25) is 0 Å². The topological polar surface area (TPSA) is 51.2 Å². The summed E-state index contributed by atoms with van der Waals surface area (Å²) in [7, 11) is 0. The van der Waals surface area contributed by atoms with Crippen LogP contribution in [0.4, 0.5) is 0 Å². The Hall–Kier alpha value is -2.59. The number of benzene rings is 3. The Morgan fingerprint density at radius 2 is 1.05 bits per heavy atom. The zero-order chi connectivity index (χ0) is 29.8. The number of Topliss-reactive ketones (excluding diaryl/α,β-unsaturated/α-hetero) is 1. The summed E-state index contributed by atoms with van der Waals surface area (Å²) in [4.78, 5) is 32.3. The quantitative estimate of drug-likeness (QED) is 0.136. The first kappa shape index (κ1) is 35.4. The average Bonchev–Trinajstić information content (AvgIpc) is 2.97. The molecule has 0 aliphatic heterocycles. The van der Waals surface area contributed by atoms with Gasteiger partial charge in [0.25, 0.3) is 0 Å². The minimum atomic E-state index is -2.08. The van der Waals surface area contributed by atoms with E-state index in [9.17, 15) is 14.4 Å². The van der Waals surface area contributed by atoms with E-state index in [2.05, 4.69) is 49.6 Å². The molecule has 2 unspecified atom stereocenters. The smallest absolute Gasteiger partial charge is 0.153 e. The van der Waals surface area contributed by atoms with Gasteiger partial charge in [0.15, 0.2) is 11.6 Å². The minimum Gasteiger partial charge on any atom is -0.303 e. The van der Waals surface area contributed by atoms with Gasteiger partial charge in [-0.3, -0.25) is 9.59 Å². The fourth-order valence-corrected chi connectivity index (χ4v) is 8.08. The Kier molecular flexibility index (Phi) is 18.0. The molecule has 0 spiro atoms. The van der Waals surface area contributed by atoms with E-state index in [0.29, 0.717) is 16.9 Å². The highest BCUT2D eigenvalue weighted by molar-refractivity contribution is 7.99. The Morgan fingerprint density at radius 3 is 1.32 bits per heavy atom. The van der Waals surface area contributed by atoms with E-state index in [1.165, 1.54) is 15.9 Å². The molecule has 3 aromatic carbocycles. The van der Waals surface area contributed by atoms with Gasteiger partial charge in [-0.2, -0.15) is 23.5 Å². The summed E-state index contributed by atoms with van der Waals surface area (Å²) in [6.45, 7) is 5.32. The molecule has 3 rings (SSSR count). The van der Waals surface area contributed by atoms with Crippen LogP contribution in [-0.2, 0) is 14.4 Å². The summed E-state index contributed by atoms with van der Waals surface area (Å²) < 4.78 is 0. The predicted octanol–water partition coefficient (Wildman–Crippen LogP) is 6.97. The van der Waals surface area contributed by atoms with Crippen LogP contribution in [0.1, 0.15) is 40.5 Å². The molecule has 0 aromatic heterocycles. The number of hydrogen-bond acceptors (Lipinski definition) is 5. The molecule has 0 saturated heterocycles. The van der Waals surface area contributed by atoms with Crippen LogP contribution in [0, 0.1) is 0 Å². The molecule has 0 aliphatic rings. The second-order valence-corrected chi connectivity index (χ2v) is 15.0. The summed E-state index contributed by atoms with van der Waals surface area (Å²) in [5, 5.41) is 4.72. The molecule has 214 valence electrons. The van der Waals surface area contributed by atoms with E-state index in [4.69, 9.17) is 0 Å². The molecular formula is C34H43O3PS2. The first-order valence-electron chi connectivity index (χ1n) is 13.3. The molecule has 40 heavy (non-hydrogen) atoms. The molecule has 0 N–H and O–H groups in total. The maximum Gasteiger partial charge on any atom is 0.153 e. The highest BCUT2D eigenvalue weighted by Crippen LogP contribution is 2.43. The molecule has 0 aliphatic carbocycles. The lowest BCUT2D eigenvalue weighted by atomic mass is 10.3. The van der Waals surface area contributed by atoms with Crippen LogP contribution < -0.4 is 15.9 Å². The Labute approximate surface area is 250 Å².